The molecule has 3 rings (SSSR count). The van der Waals surface area contributed by atoms with Gasteiger partial charge in [-0.2, -0.15) is 0 Å². The molecular formula is C25H26BrNO. The first-order chi connectivity index (χ1) is 13.7. The van der Waals surface area contributed by atoms with Crippen LogP contribution < -0.4 is 5.32 Å². The highest BCUT2D eigenvalue weighted by molar-refractivity contribution is 9.10. The Morgan fingerprint density at radius 3 is 2.25 bits per heavy atom. The highest BCUT2D eigenvalue weighted by Gasteiger charge is 2.17. The van der Waals surface area contributed by atoms with Crippen molar-refractivity contribution in [3.05, 3.63) is 100 Å². The number of nitrogens with one attached hydrogen (secondary N) is 1. The summed E-state index contributed by atoms with van der Waals surface area (Å²) in [4.78, 5) is 12.8. The predicted octanol–water partition coefficient (Wildman–Crippen LogP) is 7.22. The fourth-order valence-electron chi connectivity index (χ4n) is 3.22. The highest BCUT2D eigenvalue weighted by atomic mass is 79.9. The number of Topliss-reactive ketones (excluding diaryl/α,β-unsaturated/α-hetero) is 1. The minimum atomic E-state index is -0.0812. The number of carbonyl (C=O) groups is 1. The summed E-state index contributed by atoms with van der Waals surface area (Å²) < 4.78 is 1.03. The lowest BCUT2D eigenvalue weighted by Crippen LogP contribution is -2.16. The van der Waals surface area contributed by atoms with Gasteiger partial charge in [0.2, 0.25) is 0 Å². The summed E-state index contributed by atoms with van der Waals surface area (Å²) in [6.07, 6.45) is 3.93. The quantitative estimate of drug-likeness (QED) is 0.359. The average Bonchev–Trinajstić information content (AvgIpc) is 2.74. The van der Waals surface area contributed by atoms with E-state index in [2.05, 4.69) is 64.6 Å². The zero-order chi connectivity index (χ0) is 19.8. The van der Waals surface area contributed by atoms with E-state index in [1.165, 1.54) is 18.4 Å². The van der Waals surface area contributed by atoms with E-state index in [0.717, 1.165) is 27.7 Å². The summed E-state index contributed by atoms with van der Waals surface area (Å²) in [6, 6.07) is 26.2. The lowest BCUT2D eigenvalue weighted by Gasteiger charge is -2.20. The van der Waals surface area contributed by atoms with Gasteiger partial charge >= 0.3 is 0 Å². The van der Waals surface area contributed by atoms with Crippen molar-refractivity contribution >= 4 is 27.4 Å². The van der Waals surface area contributed by atoms with Gasteiger partial charge in [0, 0.05) is 22.1 Å². The minimum absolute atomic E-state index is 0.0812. The van der Waals surface area contributed by atoms with Gasteiger partial charge in [0.1, 0.15) is 0 Å². The van der Waals surface area contributed by atoms with Crippen molar-refractivity contribution in [2.24, 2.45) is 0 Å². The van der Waals surface area contributed by atoms with Crippen LogP contribution >= 0.6 is 15.9 Å². The molecule has 0 saturated carbocycles. The molecule has 0 amide bonds. The van der Waals surface area contributed by atoms with Crippen LogP contribution in [0.25, 0.3) is 0 Å². The van der Waals surface area contributed by atoms with Gasteiger partial charge < -0.3 is 5.32 Å². The maximum Gasteiger partial charge on any atom is 0.165 e. The molecule has 0 aliphatic rings. The molecule has 1 N–H and O–H groups in total. The fourth-order valence-corrected chi connectivity index (χ4v) is 3.49. The first-order valence-corrected chi connectivity index (χ1v) is 10.6. The Labute approximate surface area is 176 Å². The number of hydrogen-bond donors (Lipinski definition) is 1. The third kappa shape index (κ3) is 5.80. The molecule has 28 heavy (non-hydrogen) atoms. The predicted molar refractivity (Wildman–Crippen MR) is 121 cm³/mol. The van der Waals surface area contributed by atoms with E-state index in [1.807, 2.05) is 42.5 Å². The number of unbranched alkanes of at least 4 members (excludes halogenated alkanes) is 1. The molecule has 3 aromatic carbocycles. The van der Waals surface area contributed by atoms with Gasteiger partial charge in [-0.05, 0) is 48.2 Å². The zero-order valence-corrected chi connectivity index (χ0v) is 17.8. The summed E-state index contributed by atoms with van der Waals surface area (Å²) in [7, 11) is 0. The molecule has 3 aromatic rings. The molecule has 0 saturated heterocycles. The Morgan fingerprint density at radius 2 is 1.61 bits per heavy atom. The van der Waals surface area contributed by atoms with Gasteiger partial charge in [0.15, 0.2) is 5.78 Å². The van der Waals surface area contributed by atoms with Crippen LogP contribution in [0.15, 0.2) is 83.3 Å². The van der Waals surface area contributed by atoms with Gasteiger partial charge in [-0.15, -0.1) is 0 Å². The van der Waals surface area contributed by atoms with E-state index in [-0.39, 0.29) is 11.8 Å². The lowest BCUT2D eigenvalue weighted by molar-refractivity contribution is 0.0976. The van der Waals surface area contributed by atoms with E-state index in [1.54, 1.807) is 0 Å². The molecule has 3 heteroatoms. The van der Waals surface area contributed by atoms with E-state index < -0.39 is 0 Å². The van der Waals surface area contributed by atoms with Crippen molar-refractivity contribution in [2.45, 2.75) is 38.6 Å². The van der Waals surface area contributed by atoms with Crippen molar-refractivity contribution in [3.63, 3.8) is 0 Å². The van der Waals surface area contributed by atoms with Crippen molar-refractivity contribution in [1.29, 1.82) is 0 Å². The fraction of sp³-hybridized carbons (Fsp3) is 0.240. The van der Waals surface area contributed by atoms with Gasteiger partial charge in [-0.1, -0.05) is 83.9 Å². The standard InChI is InChI=1S/C25H26BrNO/c1-2-3-7-19-10-16-23(17-11-19)27-24(20-12-14-22(26)15-13-20)18-25(28)21-8-5-4-6-9-21/h4-6,8-17,24,27H,2-3,7,18H2,1H3/t24-/m0/s1. The molecule has 0 aliphatic heterocycles. The summed E-state index contributed by atoms with van der Waals surface area (Å²) in [5, 5.41) is 3.56. The van der Waals surface area contributed by atoms with Crippen LogP contribution in [0, 0.1) is 0 Å². The molecular weight excluding hydrogens is 410 g/mol. The summed E-state index contributed by atoms with van der Waals surface area (Å²) >= 11 is 3.49. The lowest BCUT2D eigenvalue weighted by atomic mass is 9.97. The number of hydrogen-bond acceptors (Lipinski definition) is 2. The SMILES string of the molecule is CCCCc1ccc(N[C@@H](CC(=O)c2ccccc2)c2ccc(Br)cc2)cc1. The number of rotatable bonds is 9. The number of aryl methyl sites for hydroxylation is 1. The Balaban J connectivity index is 1.78. The van der Waals surface area contributed by atoms with Crippen LogP contribution in [0.2, 0.25) is 0 Å². The van der Waals surface area contributed by atoms with Crippen LogP contribution in [0.5, 0.6) is 0 Å². The molecule has 144 valence electrons. The molecule has 0 spiro atoms. The first kappa shape index (κ1) is 20.3. The Kier molecular flexibility index (Phi) is 7.44. The van der Waals surface area contributed by atoms with E-state index in [4.69, 9.17) is 0 Å². The van der Waals surface area contributed by atoms with Crippen LogP contribution in [0.3, 0.4) is 0 Å². The highest BCUT2D eigenvalue weighted by Crippen LogP contribution is 2.26. The van der Waals surface area contributed by atoms with Crippen molar-refractivity contribution in [3.8, 4) is 0 Å². The molecule has 0 unspecified atom stereocenters. The van der Waals surface area contributed by atoms with Gasteiger partial charge in [-0.3, -0.25) is 4.79 Å². The largest absolute Gasteiger partial charge is 0.378 e. The number of ketones is 1. The minimum Gasteiger partial charge on any atom is -0.378 e. The second-order valence-corrected chi connectivity index (χ2v) is 7.96. The smallest absolute Gasteiger partial charge is 0.165 e. The first-order valence-electron chi connectivity index (χ1n) is 9.85. The Hall–Kier alpha value is -2.39. The second kappa shape index (κ2) is 10.2. The molecule has 0 radical (unpaired) electrons. The summed E-state index contributed by atoms with van der Waals surface area (Å²) in [5.74, 6) is 0.139. The molecule has 1 atom stereocenters. The van der Waals surface area contributed by atoms with Crippen LogP contribution in [-0.4, -0.2) is 5.78 Å². The molecule has 0 bridgehead atoms. The molecule has 0 aliphatic carbocycles. The number of benzene rings is 3. The summed E-state index contributed by atoms with van der Waals surface area (Å²) in [5.41, 5.74) is 4.24. The van der Waals surface area contributed by atoms with Crippen LogP contribution in [0.4, 0.5) is 5.69 Å². The zero-order valence-electron chi connectivity index (χ0n) is 16.2. The van der Waals surface area contributed by atoms with E-state index in [0.29, 0.717) is 6.42 Å². The Bertz CT molecular complexity index is 873. The van der Waals surface area contributed by atoms with Crippen molar-refractivity contribution in [2.75, 3.05) is 5.32 Å². The third-order valence-corrected chi connectivity index (χ3v) is 5.40. The normalized spacial score (nSPS) is 11.8. The van der Waals surface area contributed by atoms with Crippen LogP contribution in [-0.2, 0) is 6.42 Å². The van der Waals surface area contributed by atoms with E-state index >= 15 is 0 Å². The van der Waals surface area contributed by atoms with Gasteiger partial charge in [-0.25, -0.2) is 0 Å². The third-order valence-electron chi connectivity index (χ3n) is 4.87. The molecule has 0 fully saturated rings. The average molecular weight is 436 g/mol. The maximum atomic E-state index is 12.8. The topological polar surface area (TPSA) is 29.1 Å². The number of anilines is 1. The molecule has 2 nitrogen and oxygen atoms in total. The monoisotopic (exact) mass is 435 g/mol. The van der Waals surface area contributed by atoms with Crippen molar-refractivity contribution < 1.29 is 4.79 Å². The number of halogens is 1. The maximum absolute atomic E-state index is 12.8. The molecule has 0 aromatic heterocycles. The van der Waals surface area contributed by atoms with Crippen molar-refractivity contribution in [1.82, 2.24) is 0 Å². The second-order valence-electron chi connectivity index (χ2n) is 7.04. The Morgan fingerprint density at radius 1 is 0.929 bits per heavy atom. The number of carbonyl (C=O) groups excluding carboxylic acids is 1. The van der Waals surface area contributed by atoms with Gasteiger partial charge in [0.25, 0.3) is 0 Å². The van der Waals surface area contributed by atoms with Crippen LogP contribution in [0.1, 0.15) is 53.7 Å². The van der Waals surface area contributed by atoms with E-state index in [9.17, 15) is 4.79 Å². The summed E-state index contributed by atoms with van der Waals surface area (Å²) in [6.45, 7) is 2.21. The molecule has 0 heterocycles. The van der Waals surface area contributed by atoms with Gasteiger partial charge in [0.05, 0.1) is 6.04 Å².